The van der Waals surface area contributed by atoms with E-state index in [0.29, 0.717) is 30.1 Å². The fourth-order valence-electron chi connectivity index (χ4n) is 1.13. The molecule has 0 aliphatic heterocycles. The molecule has 0 heterocycles. The minimum atomic E-state index is -0.168. The van der Waals surface area contributed by atoms with E-state index < -0.39 is 0 Å². The second-order valence-electron chi connectivity index (χ2n) is 3.24. The van der Waals surface area contributed by atoms with Gasteiger partial charge in [-0.3, -0.25) is 15.6 Å². The normalized spacial score (nSPS) is 9.24. The van der Waals surface area contributed by atoms with Crippen LogP contribution in [-0.2, 0) is 4.79 Å². The van der Waals surface area contributed by atoms with E-state index in [4.69, 9.17) is 17.1 Å². The van der Waals surface area contributed by atoms with Gasteiger partial charge in [0.15, 0.2) is 0 Å². The molecule has 0 saturated carbocycles. The van der Waals surface area contributed by atoms with Gasteiger partial charge in [-0.1, -0.05) is 22.8 Å². The monoisotopic (exact) mass is 253 g/mol. The van der Waals surface area contributed by atoms with Crippen molar-refractivity contribution in [1.82, 2.24) is 5.43 Å². The highest BCUT2D eigenvalue weighted by atomic mass is 35.5. The van der Waals surface area contributed by atoms with Gasteiger partial charge in [0.1, 0.15) is 0 Å². The second-order valence-corrected chi connectivity index (χ2v) is 3.68. The summed E-state index contributed by atoms with van der Waals surface area (Å²) in [7, 11) is 0. The third-order valence-electron chi connectivity index (χ3n) is 1.90. The Morgan fingerprint density at radius 3 is 3.06 bits per heavy atom. The van der Waals surface area contributed by atoms with E-state index in [1.165, 1.54) is 0 Å². The van der Waals surface area contributed by atoms with E-state index >= 15 is 0 Å². The molecule has 0 aliphatic rings. The molecule has 2 N–H and O–H groups in total. The van der Waals surface area contributed by atoms with Crippen LogP contribution in [0.15, 0.2) is 29.4 Å². The Morgan fingerprint density at radius 2 is 2.35 bits per heavy atom. The molecule has 6 nitrogen and oxygen atoms in total. The smallest absolute Gasteiger partial charge is 0.238 e. The predicted molar refractivity (Wildman–Crippen MR) is 66.5 cm³/mol. The third kappa shape index (κ3) is 5.65. The number of hydrazine groups is 1. The first-order chi connectivity index (χ1) is 8.22. The van der Waals surface area contributed by atoms with Crippen LogP contribution in [0.1, 0.15) is 12.8 Å². The first kappa shape index (κ1) is 13.2. The molecule has 0 spiro atoms. The van der Waals surface area contributed by atoms with Crippen molar-refractivity contribution in [3.8, 4) is 0 Å². The molecule has 0 aliphatic carbocycles. The van der Waals surface area contributed by atoms with Crippen LogP contribution in [0, 0.1) is 0 Å². The number of anilines is 1. The number of hydrogen-bond donors (Lipinski definition) is 2. The topological polar surface area (TPSA) is 89.9 Å². The Hall–Kier alpha value is -1.91. The molecule has 1 rings (SSSR count). The van der Waals surface area contributed by atoms with E-state index in [-0.39, 0.29) is 5.91 Å². The van der Waals surface area contributed by atoms with Crippen LogP contribution < -0.4 is 10.9 Å². The molecule has 0 radical (unpaired) electrons. The molecule has 0 saturated heterocycles. The van der Waals surface area contributed by atoms with Crippen molar-refractivity contribution >= 4 is 23.2 Å². The number of azide groups is 1. The molecule has 1 aromatic carbocycles. The van der Waals surface area contributed by atoms with Crippen molar-refractivity contribution in [3.05, 3.63) is 39.7 Å². The van der Waals surface area contributed by atoms with E-state index in [1.807, 2.05) is 0 Å². The number of nitrogens with zero attached hydrogens (tertiary/aromatic N) is 3. The largest absolute Gasteiger partial charge is 0.299 e. The standard InChI is InChI=1S/C10H12ClN5O/c11-8-3-1-4-9(7-8)14-15-10(17)5-2-6-13-16-12/h1,3-4,7,14H,2,5-6H2,(H,15,17). The molecule has 0 unspecified atom stereocenters. The number of amides is 1. The SMILES string of the molecule is [N-]=[N+]=NCCCC(=O)NNc1cccc(Cl)c1. The van der Waals surface area contributed by atoms with Crippen LogP contribution in [-0.4, -0.2) is 12.5 Å². The average Bonchev–Trinajstić information content (AvgIpc) is 2.32. The number of benzene rings is 1. The van der Waals surface area contributed by atoms with E-state index in [9.17, 15) is 4.79 Å². The van der Waals surface area contributed by atoms with Crippen LogP contribution in [0.3, 0.4) is 0 Å². The molecule has 0 atom stereocenters. The summed E-state index contributed by atoms with van der Waals surface area (Å²) in [5.41, 5.74) is 14.0. The quantitative estimate of drug-likeness (QED) is 0.268. The molecule has 1 amide bonds. The van der Waals surface area contributed by atoms with Crippen molar-refractivity contribution < 1.29 is 4.79 Å². The summed E-state index contributed by atoms with van der Waals surface area (Å²) in [6.07, 6.45) is 0.819. The fraction of sp³-hybridized carbons (Fsp3) is 0.300. The van der Waals surface area contributed by atoms with Gasteiger partial charge in [-0.15, -0.1) is 0 Å². The average molecular weight is 254 g/mol. The lowest BCUT2D eigenvalue weighted by molar-refractivity contribution is -0.120. The lowest BCUT2D eigenvalue weighted by Gasteiger charge is -2.08. The molecule has 0 aromatic heterocycles. The van der Waals surface area contributed by atoms with Gasteiger partial charge in [-0.2, -0.15) is 0 Å². The molecule has 0 bridgehead atoms. The maximum Gasteiger partial charge on any atom is 0.238 e. The molecule has 1 aromatic rings. The number of halogens is 1. The maximum atomic E-state index is 11.3. The summed E-state index contributed by atoms with van der Waals surface area (Å²) in [5.74, 6) is -0.168. The summed E-state index contributed by atoms with van der Waals surface area (Å²) >= 11 is 5.78. The maximum absolute atomic E-state index is 11.3. The number of nitrogens with one attached hydrogen (secondary N) is 2. The van der Waals surface area contributed by atoms with Crippen molar-refractivity contribution in [2.75, 3.05) is 12.0 Å². The van der Waals surface area contributed by atoms with Crippen LogP contribution in [0.2, 0.25) is 5.02 Å². The van der Waals surface area contributed by atoms with Crippen molar-refractivity contribution in [2.45, 2.75) is 12.8 Å². The Bertz CT molecular complexity index is 430. The van der Waals surface area contributed by atoms with E-state index in [1.54, 1.807) is 24.3 Å². The number of carbonyl (C=O) groups excluding carboxylic acids is 1. The Morgan fingerprint density at radius 1 is 1.53 bits per heavy atom. The van der Waals surface area contributed by atoms with Gasteiger partial charge in [0, 0.05) is 22.9 Å². The fourth-order valence-corrected chi connectivity index (χ4v) is 1.32. The third-order valence-corrected chi connectivity index (χ3v) is 2.13. The minimum absolute atomic E-state index is 0.168. The summed E-state index contributed by atoms with van der Waals surface area (Å²) in [5, 5.41) is 3.93. The van der Waals surface area contributed by atoms with Crippen molar-refractivity contribution in [2.24, 2.45) is 5.11 Å². The van der Waals surface area contributed by atoms with Gasteiger partial charge in [0.25, 0.3) is 0 Å². The molecule has 90 valence electrons. The van der Waals surface area contributed by atoms with Crippen molar-refractivity contribution in [1.29, 1.82) is 0 Å². The van der Waals surface area contributed by atoms with Crippen LogP contribution in [0.5, 0.6) is 0 Å². The molecule has 17 heavy (non-hydrogen) atoms. The van der Waals surface area contributed by atoms with Crippen LogP contribution in [0.25, 0.3) is 10.4 Å². The van der Waals surface area contributed by atoms with Crippen LogP contribution >= 0.6 is 11.6 Å². The van der Waals surface area contributed by atoms with Gasteiger partial charge in [-0.25, -0.2) is 0 Å². The zero-order valence-electron chi connectivity index (χ0n) is 9.06. The lowest BCUT2D eigenvalue weighted by Crippen LogP contribution is -2.29. The van der Waals surface area contributed by atoms with E-state index in [0.717, 1.165) is 0 Å². The van der Waals surface area contributed by atoms with Crippen molar-refractivity contribution in [3.63, 3.8) is 0 Å². The summed E-state index contributed by atoms with van der Waals surface area (Å²) in [6, 6.07) is 7.00. The molecular weight excluding hydrogens is 242 g/mol. The zero-order chi connectivity index (χ0) is 12.5. The summed E-state index contributed by atoms with van der Waals surface area (Å²) < 4.78 is 0. The van der Waals surface area contributed by atoms with Gasteiger partial charge >= 0.3 is 0 Å². The Labute approximate surface area is 104 Å². The molecular formula is C10H12ClN5O. The highest BCUT2D eigenvalue weighted by molar-refractivity contribution is 6.30. The Balaban J connectivity index is 2.26. The molecule has 7 heteroatoms. The van der Waals surface area contributed by atoms with Crippen LogP contribution in [0.4, 0.5) is 5.69 Å². The highest BCUT2D eigenvalue weighted by Crippen LogP contribution is 2.13. The van der Waals surface area contributed by atoms with Gasteiger partial charge < -0.3 is 0 Å². The second kappa shape index (κ2) is 7.38. The highest BCUT2D eigenvalue weighted by Gasteiger charge is 2.00. The first-order valence-electron chi connectivity index (χ1n) is 5.03. The number of carbonyl (C=O) groups is 1. The van der Waals surface area contributed by atoms with E-state index in [2.05, 4.69) is 20.9 Å². The van der Waals surface area contributed by atoms with Gasteiger partial charge in [0.2, 0.25) is 5.91 Å². The molecule has 0 fully saturated rings. The minimum Gasteiger partial charge on any atom is -0.299 e. The predicted octanol–water partition coefficient (Wildman–Crippen LogP) is 2.87. The summed E-state index contributed by atoms with van der Waals surface area (Å²) in [4.78, 5) is 13.9. The number of hydrogen-bond acceptors (Lipinski definition) is 3. The first-order valence-corrected chi connectivity index (χ1v) is 5.41. The lowest BCUT2D eigenvalue weighted by atomic mass is 10.3. The van der Waals surface area contributed by atoms with Gasteiger partial charge in [0.05, 0.1) is 5.69 Å². The number of rotatable bonds is 6. The Kier molecular flexibility index (Phi) is 5.71. The van der Waals surface area contributed by atoms with Gasteiger partial charge in [-0.05, 0) is 30.2 Å². The zero-order valence-corrected chi connectivity index (χ0v) is 9.81. The summed E-state index contributed by atoms with van der Waals surface area (Å²) in [6.45, 7) is 0.321.